The first-order valence-electron chi connectivity index (χ1n) is 33.7. The van der Waals surface area contributed by atoms with Crippen LogP contribution in [0.25, 0.3) is 0 Å². The summed E-state index contributed by atoms with van der Waals surface area (Å²) in [5, 5.41) is 0. The molecule has 0 aliphatic carbocycles. The average Bonchev–Trinajstić information content (AvgIpc) is 3.47. The molecule has 6 nitrogen and oxygen atoms in total. The molecule has 0 aliphatic rings. The predicted molar refractivity (Wildman–Crippen MR) is 353 cm³/mol. The SMILES string of the molecule is CC/C=C\C/C=C\C/C=C\C/C=C\C/C=C\CCCC(=O)OCC(COC(=O)CCCCCCCCCCCC/C=C\C/C=C\C/C=C\C/C=C\CC)OC(=O)CCCCCCCCCCCCC/C=C\C/C=C\CCCCCCC. The van der Waals surface area contributed by atoms with Crippen molar-refractivity contribution in [1.29, 1.82) is 0 Å². The number of hydrogen-bond acceptors (Lipinski definition) is 6. The molecule has 460 valence electrons. The lowest BCUT2D eigenvalue weighted by Crippen LogP contribution is -2.30. The normalized spacial score (nSPS) is 13.0. The number of allylic oxidation sites excluding steroid dienone is 22. The van der Waals surface area contributed by atoms with E-state index >= 15 is 0 Å². The van der Waals surface area contributed by atoms with E-state index in [4.69, 9.17) is 14.2 Å². The van der Waals surface area contributed by atoms with Crippen LogP contribution in [0.4, 0.5) is 0 Å². The Hall–Kier alpha value is -4.45. The molecule has 0 amide bonds. The standard InChI is InChI=1S/C75H124O6/c1-4-7-10-13-16-19-22-25-28-31-33-35-37-39-41-44-47-50-53-56-59-62-65-68-74(77)80-71-72(70-79-73(76)67-64-61-58-55-52-49-46-43-30-27-24-21-18-15-12-9-6-3)81-75(78)69-66-63-60-57-54-51-48-45-42-40-38-36-34-32-29-26-23-20-17-14-11-8-5-2/h7,9-10,12,16,18-19,21,23,25-28,30,32-35,46,49,55,58,72H,4-6,8,11,13-15,17,20,22,24,29,31,36-45,47-48,50-54,56-57,59-71H2,1-3H3/b10-7-,12-9-,19-16-,21-18-,26-23-,28-25-,30-27-,34-32-,35-33-,49-46-,58-55-. The summed E-state index contributed by atoms with van der Waals surface area (Å²) >= 11 is 0. The number of hydrogen-bond donors (Lipinski definition) is 0. The summed E-state index contributed by atoms with van der Waals surface area (Å²) < 4.78 is 16.9. The second kappa shape index (κ2) is 68.1. The Kier molecular flexibility index (Phi) is 64.3. The Morgan fingerprint density at radius 2 is 0.494 bits per heavy atom. The van der Waals surface area contributed by atoms with Gasteiger partial charge in [0, 0.05) is 19.3 Å². The fraction of sp³-hybridized carbons (Fsp3) is 0.667. The topological polar surface area (TPSA) is 78.9 Å². The van der Waals surface area contributed by atoms with Crippen LogP contribution in [0.3, 0.4) is 0 Å². The summed E-state index contributed by atoms with van der Waals surface area (Å²) in [5.41, 5.74) is 0. The lowest BCUT2D eigenvalue weighted by atomic mass is 10.0. The van der Waals surface area contributed by atoms with Crippen LogP contribution >= 0.6 is 0 Å². The van der Waals surface area contributed by atoms with Crippen LogP contribution in [-0.2, 0) is 28.6 Å². The molecule has 0 aromatic carbocycles. The van der Waals surface area contributed by atoms with E-state index in [-0.39, 0.29) is 37.5 Å². The molecule has 0 heterocycles. The van der Waals surface area contributed by atoms with Crippen molar-refractivity contribution in [2.75, 3.05) is 13.2 Å². The molecular formula is C75H124O6. The Morgan fingerprint density at radius 1 is 0.259 bits per heavy atom. The van der Waals surface area contributed by atoms with Crippen LogP contribution in [0.2, 0.25) is 0 Å². The largest absolute Gasteiger partial charge is 0.462 e. The minimum atomic E-state index is -0.811. The lowest BCUT2D eigenvalue weighted by Gasteiger charge is -2.18. The summed E-state index contributed by atoms with van der Waals surface area (Å²) in [7, 11) is 0. The van der Waals surface area contributed by atoms with Gasteiger partial charge < -0.3 is 14.2 Å². The number of carbonyl (C=O) groups excluding carboxylic acids is 3. The molecule has 0 aromatic heterocycles. The van der Waals surface area contributed by atoms with Gasteiger partial charge in [-0.25, -0.2) is 0 Å². The van der Waals surface area contributed by atoms with Gasteiger partial charge in [-0.3, -0.25) is 14.4 Å². The van der Waals surface area contributed by atoms with Crippen LogP contribution in [0.15, 0.2) is 134 Å². The molecule has 0 saturated heterocycles. The monoisotopic (exact) mass is 1120 g/mol. The molecule has 0 radical (unpaired) electrons. The molecule has 0 N–H and O–H groups in total. The average molecular weight is 1120 g/mol. The zero-order chi connectivity index (χ0) is 58.5. The van der Waals surface area contributed by atoms with Gasteiger partial charge in [0.05, 0.1) is 0 Å². The number of carbonyl (C=O) groups is 3. The van der Waals surface area contributed by atoms with Crippen LogP contribution in [0.5, 0.6) is 0 Å². The number of esters is 3. The molecule has 81 heavy (non-hydrogen) atoms. The van der Waals surface area contributed by atoms with E-state index in [2.05, 4.69) is 154 Å². The predicted octanol–water partition coefficient (Wildman–Crippen LogP) is 23.3. The van der Waals surface area contributed by atoms with Crippen molar-refractivity contribution < 1.29 is 28.6 Å². The van der Waals surface area contributed by atoms with Crippen molar-refractivity contribution in [3.63, 3.8) is 0 Å². The van der Waals surface area contributed by atoms with Gasteiger partial charge in [0.2, 0.25) is 0 Å². The highest BCUT2D eigenvalue weighted by Gasteiger charge is 2.19. The molecule has 0 bridgehead atoms. The zero-order valence-electron chi connectivity index (χ0n) is 52.8. The Morgan fingerprint density at radius 3 is 0.802 bits per heavy atom. The first-order valence-corrected chi connectivity index (χ1v) is 33.7. The second-order valence-electron chi connectivity index (χ2n) is 22.0. The minimum absolute atomic E-state index is 0.102. The van der Waals surface area contributed by atoms with Crippen molar-refractivity contribution in [1.82, 2.24) is 0 Å². The van der Waals surface area contributed by atoms with Crippen LogP contribution in [0, 0.1) is 0 Å². The minimum Gasteiger partial charge on any atom is -0.462 e. The van der Waals surface area contributed by atoms with E-state index in [9.17, 15) is 14.4 Å². The molecule has 1 atom stereocenters. The van der Waals surface area contributed by atoms with Gasteiger partial charge in [-0.15, -0.1) is 0 Å². The summed E-state index contributed by atoms with van der Waals surface area (Å²) in [6, 6.07) is 0. The third-order valence-electron chi connectivity index (χ3n) is 14.1. The maximum atomic E-state index is 13.0. The van der Waals surface area contributed by atoms with Crippen molar-refractivity contribution in [3.8, 4) is 0 Å². The third kappa shape index (κ3) is 66.2. The van der Waals surface area contributed by atoms with Crippen LogP contribution < -0.4 is 0 Å². The number of unbranched alkanes of at least 4 members (excludes halogenated alkanes) is 27. The molecular weight excluding hydrogens is 997 g/mol. The third-order valence-corrected chi connectivity index (χ3v) is 14.1. The molecule has 0 fully saturated rings. The van der Waals surface area contributed by atoms with E-state index in [0.29, 0.717) is 19.3 Å². The lowest BCUT2D eigenvalue weighted by molar-refractivity contribution is -0.167. The Balaban J connectivity index is 4.44. The fourth-order valence-electron chi connectivity index (χ4n) is 9.15. The molecule has 0 aromatic rings. The quantitative estimate of drug-likeness (QED) is 0.0261. The summed E-state index contributed by atoms with van der Waals surface area (Å²) in [5.74, 6) is -0.962. The van der Waals surface area contributed by atoms with Crippen LogP contribution in [-0.4, -0.2) is 37.2 Å². The highest BCUT2D eigenvalue weighted by atomic mass is 16.6. The van der Waals surface area contributed by atoms with Gasteiger partial charge in [0.1, 0.15) is 13.2 Å². The molecule has 1 unspecified atom stereocenters. The van der Waals surface area contributed by atoms with Gasteiger partial charge in [0.25, 0.3) is 0 Å². The highest BCUT2D eigenvalue weighted by Crippen LogP contribution is 2.16. The maximum absolute atomic E-state index is 13.0. The van der Waals surface area contributed by atoms with Crippen LogP contribution in [0.1, 0.15) is 303 Å². The fourth-order valence-corrected chi connectivity index (χ4v) is 9.15. The summed E-state index contributed by atoms with van der Waals surface area (Å²) in [6.07, 6.45) is 96.1. The molecule has 6 heteroatoms. The van der Waals surface area contributed by atoms with Gasteiger partial charge in [0.15, 0.2) is 6.10 Å². The second-order valence-corrected chi connectivity index (χ2v) is 22.0. The zero-order valence-corrected chi connectivity index (χ0v) is 52.8. The van der Waals surface area contributed by atoms with Crippen molar-refractivity contribution >= 4 is 17.9 Å². The van der Waals surface area contributed by atoms with Crippen molar-refractivity contribution in [2.45, 2.75) is 309 Å². The van der Waals surface area contributed by atoms with E-state index < -0.39 is 6.10 Å². The number of rotatable bonds is 60. The first-order chi connectivity index (χ1) is 40.0. The number of ether oxygens (including phenoxy) is 3. The van der Waals surface area contributed by atoms with E-state index in [1.807, 2.05) is 0 Å². The van der Waals surface area contributed by atoms with E-state index in [1.165, 1.54) is 148 Å². The molecule has 0 saturated carbocycles. The van der Waals surface area contributed by atoms with E-state index in [1.54, 1.807) is 0 Å². The molecule has 0 rings (SSSR count). The molecule has 0 spiro atoms. The Bertz CT molecular complexity index is 1720. The summed E-state index contributed by atoms with van der Waals surface area (Å²) in [6.45, 7) is 6.37. The van der Waals surface area contributed by atoms with Gasteiger partial charge >= 0.3 is 17.9 Å². The van der Waals surface area contributed by atoms with Gasteiger partial charge in [-0.1, -0.05) is 289 Å². The van der Waals surface area contributed by atoms with Gasteiger partial charge in [-0.05, 0) is 128 Å². The van der Waals surface area contributed by atoms with Crippen molar-refractivity contribution in [3.05, 3.63) is 134 Å². The maximum Gasteiger partial charge on any atom is 0.306 e. The van der Waals surface area contributed by atoms with Crippen molar-refractivity contribution in [2.24, 2.45) is 0 Å². The summed E-state index contributed by atoms with van der Waals surface area (Å²) in [4.78, 5) is 38.4. The first kappa shape index (κ1) is 76.5. The Labute approximate surface area is 500 Å². The smallest absolute Gasteiger partial charge is 0.306 e. The van der Waals surface area contributed by atoms with Gasteiger partial charge in [-0.2, -0.15) is 0 Å². The molecule has 0 aliphatic heterocycles. The van der Waals surface area contributed by atoms with E-state index in [0.717, 1.165) is 109 Å². The highest BCUT2D eigenvalue weighted by molar-refractivity contribution is 5.71.